The maximum atomic E-state index is 10.7. The number of ether oxygens (including phenoxy) is 4. The van der Waals surface area contributed by atoms with Crippen molar-refractivity contribution in [2.75, 3.05) is 13.2 Å². The summed E-state index contributed by atoms with van der Waals surface area (Å²) in [6.07, 6.45) is -10.5. The average Bonchev–Trinajstić information content (AvgIpc) is 3.00. The van der Waals surface area contributed by atoms with Crippen molar-refractivity contribution in [3.8, 4) is 0 Å². The zero-order valence-corrected chi connectivity index (χ0v) is 16.5. The number of nitrogens with two attached hydrogens (primary N) is 4. The maximum absolute atomic E-state index is 10.7. The fourth-order valence-electron chi connectivity index (χ4n) is 4.16. The molecule has 13 nitrogen and oxygen atoms in total. The second kappa shape index (κ2) is 9.95. The van der Waals surface area contributed by atoms with Crippen molar-refractivity contribution in [1.82, 2.24) is 0 Å². The summed E-state index contributed by atoms with van der Waals surface area (Å²) < 4.78 is 22.5. The van der Waals surface area contributed by atoms with Gasteiger partial charge in [0.2, 0.25) is 0 Å². The van der Waals surface area contributed by atoms with E-state index in [2.05, 4.69) is 0 Å². The summed E-state index contributed by atoms with van der Waals surface area (Å²) in [5.41, 5.74) is 23.2. The Labute approximate surface area is 173 Å². The Hall–Kier alpha value is -0.520. The van der Waals surface area contributed by atoms with Crippen LogP contribution in [0.25, 0.3) is 0 Å². The molecule has 176 valence electrons. The van der Waals surface area contributed by atoms with Gasteiger partial charge >= 0.3 is 0 Å². The lowest BCUT2D eigenvalue weighted by atomic mass is 9.87. The molecule has 2 saturated heterocycles. The van der Waals surface area contributed by atoms with Gasteiger partial charge in [0.1, 0.15) is 36.6 Å². The van der Waals surface area contributed by atoms with E-state index >= 15 is 0 Å². The summed E-state index contributed by atoms with van der Waals surface area (Å²) in [7, 11) is 0. The molecule has 0 spiro atoms. The van der Waals surface area contributed by atoms with Crippen molar-refractivity contribution in [2.24, 2.45) is 22.9 Å². The fourth-order valence-corrected chi connectivity index (χ4v) is 4.16. The van der Waals surface area contributed by atoms with E-state index in [0.717, 1.165) is 0 Å². The molecule has 2 heterocycles. The first kappa shape index (κ1) is 24.1. The molecule has 13 atom stereocenters. The van der Waals surface area contributed by atoms with Crippen LogP contribution >= 0.6 is 0 Å². The van der Waals surface area contributed by atoms with Gasteiger partial charge in [-0.15, -0.1) is 0 Å². The predicted octanol–water partition coefficient (Wildman–Crippen LogP) is -5.62. The molecule has 3 rings (SSSR count). The molecule has 0 amide bonds. The summed E-state index contributed by atoms with van der Waals surface area (Å²) in [5.74, 6) is 0. The standard InChI is InChI=1S/C17H34N4O9/c18-3-8-12(24)13(25)10(21)16(28-8)30-15-9(4-22)29-17(14(15)26)27-7-2-5(19)1-6(20)11(7)23/h5-17,22-26H,1-4,18-21H2. The number of hydrogen-bond donors (Lipinski definition) is 9. The van der Waals surface area contributed by atoms with Gasteiger partial charge in [-0.3, -0.25) is 0 Å². The third kappa shape index (κ3) is 4.78. The summed E-state index contributed by atoms with van der Waals surface area (Å²) in [4.78, 5) is 0. The molecule has 1 aliphatic carbocycles. The normalized spacial score (nSPS) is 52.5. The largest absolute Gasteiger partial charge is 0.394 e. The van der Waals surface area contributed by atoms with Gasteiger partial charge in [0.15, 0.2) is 12.6 Å². The molecule has 0 aromatic rings. The van der Waals surface area contributed by atoms with Crippen molar-refractivity contribution in [1.29, 1.82) is 0 Å². The van der Waals surface area contributed by atoms with Crippen LogP contribution in [0.3, 0.4) is 0 Å². The first-order chi connectivity index (χ1) is 14.2. The molecule has 1 saturated carbocycles. The highest BCUT2D eigenvalue weighted by molar-refractivity contribution is 4.96. The van der Waals surface area contributed by atoms with Crippen molar-refractivity contribution in [2.45, 2.75) is 92.4 Å². The topological polar surface area (TPSA) is 242 Å². The minimum absolute atomic E-state index is 0.0935. The van der Waals surface area contributed by atoms with E-state index in [9.17, 15) is 25.5 Å². The van der Waals surface area contributed by atoms with Crippen LogP contribution in [0.2, 0.25) is 0 Å². The van der Waals surface area contributed by atoms with Crippen LogP contribution in [0.1, 0.15) is 12.8 Å². The Bertz CT molecular complexity index is 561. The molecule has 0 aromatic carbocycles. The molecule has 13 unspecified atom stereocenters. The van der Waals surface area contributed by atoms with Gasteiger partial charge in [-0.1, -0.05) is 0 Å². The maximum Gasteiger partial charge on any atom is 0.187 e. The first-order valence-corrected chi connectivity index (χ1v) is 10.1. The summed E-state index contributed by atoms with van der Waals surface area (Å²) >= 11 is 0. The lowest BCUT2D eigenvalue weighted by Crippen LogP contribution is -2.64. The Morgan fingerprint density at radius 2 is 1.47 bits per heavy atom. The molecule has 0 aromatic heterocycles. The number of rotatable bonds is 6. The van der Waals surface area contributed by atoms with Crippen LogP contribution in [-0.4, -0.2) is 118 Å². The zero-order valence-electron chi connectivity index (χ0n) is 16.5. The molecule has 30 heavy (non-hydrogen) atoms. The number of hydrogen-bond acceptors (Lipinski definition) is 13. The molecule has 3 fully saturated rings. The lowest BCUT2D eigenvalue weighted by molar-refractivity contribution is -0.280. The third-order valence-corrected chi connectivity index (χ3v) is 5.98. The Morgan fingerprint density at radius 3 is 2.10 bits per heavy atom. The molecule has 0 radical (unpaired) electrons. The third-order valence-electron chi connectivity index (χ3n) is 5.98. The highest BCUT2D eigenvalue weighted by Gasteiger charge is 2.51. The van der Waals surface area contributed by atoms with Crippen molar-refractivity contribution >= 4 is 0 Å². The van der Waals surface area contributed by atoms with Crippen molar-refractivity contribution in [3.05, 3.63) is 0 Å². The van der Waals surface area contributed by atoms with Gasteiger partial charge in [-0.2, -0.15) is 0 Å². The minimum atomic E-state index is -1.38. The Morgan fingerprint density at radius 1 is 0.800 bits per heavy atom. The van der Waals surface area contributed by atoms with Gasteiger partial charge < -0.3 is 67.4 Å². The van der Waals surface area contributed by atoms with Gasteiger partial charge in [-0.25, -0.2) is 0 Å². The predicted molar refractivity (Wildman–Crippen MR) is 100 cm³/mol. The SMILES string of the molecule is NCC1OC(OC2C(CO)OC(OC3CC(N)CC(N)C3O)C2O)C(N)C(O)C1O. The van der Waals surface area contributed by atoms with Crippen LogP contribution < -0.4 is 22.9 Å². The smallest absolute Gasteiger partial charge is 0.187 e. The van der Waals surface area contributed by atoms with Gasteiger partial charge in [0.25, 0.3) is 0 Å². The van der Waals surface area contributed by atoms with Gasteiger partial charge in [0.05, 0.1) is 24.9 Å². The number of aliphatic hydroxyl groups excluding tert-OH is 5. The first-order valence-electron chi connectivity index (χ1n) is 10.1. The van der Waals surface area contributed by atoms with E-state index in [1.165, 1.54) is 0 Å². The van der Waals surface area contributed by atoms with Crippen LogP contribution in [-0.2, 0) is 18.9 Å². The highest BCUT2D eigenvalue weighted by Crippen LogP contribution is 2.32. The minimum Gasteiger partial charge on any atom is -0.394 e. The molecule has 0 bridgehead atoms. The van der Waals surface area contributed by atoms with E-state index in [0.29, 0.717) is 12.8 Å². The Kier molecular flexibility index (Phi) is 8.01. The Balaban J connectivity index is 1.67. The molecule has 3 aliphatic rings. The van der Waals surface area contributed by atoms with E-state index in [1.54, 1.807) is 0 Å². The van der Waals surface area contributed by atoms with E-state index in [1.807, 2.05) is 0 Å². The highest BCUT2D eigenvalue weighted by atomic mass is 16.7. The molecule has 13 N–H and O–H groups in total. The monoisotopic (exact) mass is 438 g/mol. The summed E-state index contributed by atoms with van der Waals surface area (Å²) in [6, 6.07) is -1.99. The van der Waals surface area contributed by atoms with E-state index < -0.39 is 80.1 Å². The fraction of sp³-hybridized carbons (Fsp3) is 1.00. The second-order valence-electron chi connectivity index (χ2n) is 8.21. The van der Waals surface area contributed by atoms with Crippen LogP contribution in [0, 0.1) is 0 Å². The van der Waals surface area contributed by atoms with Gasteiger partial charge in [-0.05, 0) is 12.8 Å². The quantitative estimate of drug-likeness (QED) is 0.188. The summed E-state index contributed by atoms with van der Waals surface area (Å²) in [5, 5.41) is 50.7. The summed E-state index contributed by atoms with van der Waals surface area (Å²) in [6.45, 7) is -0.606. The molecule has 13 heteroatoms. The molecular formula is C17H34N4O9. The molecule has 2 aliphatic heterocycles. The average molecular weight is 438 g/mol. The van der Waals surface area contributed by atoms with Gasteiger partial charge in [0, 0.05) is 18.6 Å². The lowest BCUT2D eigenvalue weighted by Gasteiger charge is -2.42. The van der Waals surface area contributed by atoms with E-state index in [4.69, 9.17) is 41.9 Å². The van der Waals surface area contributed by atoms with Crippen LogP contribution in [0.15, 0.2) is 0 Å². The second-order valence-corrected chi connectivity index (χ2v) is 8.21. The van der Waals surface area contributed by atoms with Crippen LogP contribution in [0.5, 0.6) is 0 Å². The van der Waals surface area contributed by atoms with E-state index in [-0.39, 0.29) is 12.6 Å². The molecular weight excluding hydrogens is 404 g/mol. The number of aliphatic hydroxyl groups is 5. The van der Waals surface area contributed by atoms with Crippen LogP contribution in [0.4, 0.5) is 0 Å². The zero-order chi connectivity index (χ0) is 22.2. The van der Waals surface area contributed by atoms with Crippen molar-refractivity contribution < 1.29 is 44.5 Å². The van der Waals surface area contributed by atoms with Crippen molar-refractivity contribution in [3.63, 3.8) is 0 Å².